The van der Waals surface area contributed by atoms with Gasteiger partial charge in [-0.3, -0.25) is 4.79 Å². The summed E-state index contributed by atoms with van der Waals surface area (Å²) in [7, 11) is 2.14. The molecule has 0 aromatic rings. The zero-order valence-electron chi connectivity index (χ0n) is 12.1. The fraction of sp³-hybridized carbons (Fsp3) is 0.929. The molecule has 2 atom stereocenters. The molecule has 0 spiro atoms. The van der Waals surface area contributed by atoms with Crippen molar-refractivity contribution < 1.29 is 14.6 Å². The van der Waals surface area contributed by atoms with Crippen LogP contribution in [0.4, 0.5) is 0 Å². The third kappa shape index (κ3) is 4.25. The van der Waals surface area contributed by atoms with Gasteiger partial charge < -0.3 is 14.7 Å². The Morgan fingerprint density at radius 1 is 1.44 bits per heavy atom. The van der Waals surface area contributed by atoms with Gasteiger partial charge >= 0.3 is 5.97 Å². The van der Waals surface area contributed by atoms with Gasteiger partial charge in [0.1, 0.15) is 0 Å². The molecule has 0 aromatic carbocycles. The van der Waals surface area contributed by atoms with E-state index >= 15 is 0 Å². The average molecular weight is 257 g/mol. The maximum absolute atomic E-state index is 11.0. The first-order valence-corrected chi connectivity index (χ1v) is 6.90. The van der Waals surface area contributed by atoms with Crippen LogP contribution in [-0.4, -0.2) is 48.3 Å². The van der Waals surface area contributed by atoms with Crippen LogP contribution >= 0.6 is 0 Å². The quantitative estimate of drug-likeness (QED) is 0.711. The third-order valence-electron chi connectivity index (χ3n) is 4.04. The molecule has 0 bridgehead atoms. The molecular formula is C14H27NO3. The monoisotopic (exact) mass is 257 g/mol. The number of hydrogen-bond donors (Lipinski definition) is 1. The summed E-state index contributed by atoms with van der Waals surface area (Å²) in [5, 5.41) is 9.03. The lowest BCUT2D eigenvalue weighted by atomic mass is 9.87. The van der Waals surface area contributed by atoms with Crippen molar-refractivity contribution in [1.82, 2.24) is 4.90 Å². The van der Waals surface area contributed by atoms with E-state index in [0.717, 1.165) is 38.8 Å². The predicted octanol–water partition coefficient (Wildman–Crippen LogP) is 2.38. The fourth-order valence-corrected chi connectivity index (χ4v) is 2.50. The van der Waals surface area contributed by atoms with Crippen LogP contribution in [0.2, 0.25) is 0 Å². The molecule has 2 unspecified atom stereocenters. The second-order valence-electron chi connectivity index (χ2n) is 6.06. The van der Waals surface area contributed by atoms with Gasteiger partial charge in [-0.15, -0.1) is 0 Å². The Kier molecular flexibility index (Phi) is 5.60. The molecule has 0 aromatic heterocycles. The Labute approximate surface area is 110 Å². The summed E-state index contributed by atoms with van der Waals surface area (Å²) in [5.41, 5.74) is -0.595. The molecule has 0 amide bonds. The van der Waals surface area contributed by atoms with E-state index in [2.05, 4.69) is 18.9 Å². The summed E-state index contributed by atoms with van der Waals surface area (Å²) in [6, 6.07) is 0.525. The van der Waals surface area contributed by atoms with Crippen LogP contribution in [-0.2, 0) is 9.53 Å². The molecule has 1 aliphatic heterocycles. The molecule has 1 aliphatic rings. The summed E-state index contributed by atoms with van der Waals surface area (Å²) < 4.78 is 5.56. The minimum atomic E-state index is -0.700. The largest absolute Gasteiger partial charge is 0.481 e. The number of carboxylic acids is 1. The second-order valence-corrected chi connectivity index (χ2v) is 6.06. The topological polar surface area (TPSA) is 49.8 Å². The Hall–Kier alpha value is -0.610. The number of carboxylic acid groups (broad SMARTS) is 1. The van der Waals surface area contributed by atoms with E-state index < -0.39 is 11.4 Å². The number of carbonyl (C=O) groups is 1. The minimum absolute atomic E-state index is 0.325. The number of ether oxygens (including phenoxy) is 1. The zero-order chi connectivity index (χ0) is 13.8. The first-order chi connectivity index (χ1) is 8.34. The lowest BCUT2D eigenvalue weighted by molar-refractivity contribution is -0.147. The number of rotatable bonds is 7. The summed E-state index contributed by atoms with van der Waals surface area (Å²) in [5.74, 6) is -0.700. The molecule has 0 aliphatic carbocycles. The molecule has 18 heavy (non-hydrogen) atoms. The van der Waals surface area contributed by atoms with E-state index in [4.69, 9.17) is 9.84 Å². The van der Waals surface area contributed by atoms with Crippen molar-refractivity contribution in [2.75, 3.05) is 20.2 Å². The Morgan fingerprint density at radius 3 is 2.61 bits per heavy atom. The molecular weight excluding hydrogens is 230 g/mol. The molecule has 1 fully saturated rings. The third-order valence-corrected chi connectivity index (χ3v) is 4.04. The van der Waals surface area contributed by atoms with Gasteiger partial charge in [-0.05, 0) is 53.6 Å². The lowest BCUT2D eigenvalue weighted by Gasteiger charge is -2.27. The summed E-state index contributed by atoms with van der Waals surface area (Å²) in [4.78, 5) is 13.3. The van der Waals surface area contributed by atoms with Gasteiger partial charge in [0, 0.05) is 12.6 Å². The van der Waals surface area contributed by atoms with E-state index in [1.807, 2.05) is 0 Å². The smallest absolute Gasteiger partial charge is 0.309 e. The molecule has 4 nitrogen and oxygen atoms in total. The number of hydrogen-bond acceptors (Lipinski definition) is 3. The Balaban J connectivity index is 2.20. The van der Waals surface area contributed by atoms with Gasteiger partial charge in [-0.2, -0.15) is 0 Å². The molecule has 4 heteroatoms. The second kappa shape index (κ2) is 6.53. The van der Waals surface area contributed by atoms with Crippen molar-refractivity contribution in [2.24, 2.45) is 5.41 Å². The van der Waals surface area contributed by atoms with E-state index in [1.165, 1.54) is 0 Å². The van der Waals surface area contributed by atoms with Crippen LogP contribution in [0.3, 0.4) is 0 Å². The van der Waals surface area contributed by atoms with Gasteiger partial charge in [-0.25, -0.2) is 0 Å². The number of nitrogens with zero attached hydrogens (tertiary/aromatic N) is 1. The highest BCUT2D eigenvalue weighted by Crippen LogP contribution is 2.24. The predicted molar refractivity (Wildman–Crippen MR) is 71.7 cm³/mol. The maximum Gasteiger partial charge on any atom is 0.309 e. The first kappa shape index (κ1) is 15.4. The van der Waals surface area contributed by atoms with Gasteiger partial charge in [-0.1, -0.05) is 6.42 Å². The lowest BCUT2D eigenvalue weighted by Crippen LogP contribution is -2.37. The fourth-order valence-electron chi connectivity index (χ4n) is 2.50. The summed E-state index contributed by atoms with van der Waals surface area (Å²) in [6.45, 7) is 7.61. The van der Waals surface area contributed by atoms with E-state index in [1.54, 1.807) is 13.8 Å². The van der Waals surface area contributed by atoms with Crippen molar-refractivity contribution in [3.63, 3.8) is 0 Å². The average Bonchev–Trinajstić information content (AvgIpc) is 2.70. The van der Waals surface area contributed by atoms with Crippen LogP contribution in [0.15, 0.2) is 0 Å². The van der Waals surface area contributed by atoms with Gasteiger partial charge in [0.25, 0.3) is 0 Å². The van der Waals surface area contributed by atoms with Crippen LogP contribution < -0.4 is 0 Å². The standard InChI is InChI=1S/C14H27NO3/c1-11-12(7-10-18-11)15(4)9-6-5-8-14(2,3)13(16)17/h11-12H,5-10H2,1-4H3,(H,16,17). The SMILES string of the molecule is CC1OCCC1N(C)CCCCC(C)(C)C(=O)O. The van der Waals surface area contributed by atoms with Crippen molar-refractivity contribution in [3.05, 3.63) is 0 Å². The van der Waals surface area contributed by atoms with Crippen LogP contribution in [0, 0.1) is 5.41 Å². The first-order valence-electron chi connectivity index (χ1n) is 6.90. The van der Waals surface area contributed by atoms with Gasteiger partial charge in [0.05, 0.1) is 11.5 Å². The summed E-state index contributed by atoms with van der Waals surface area (Å²) in [6.07, 6.45) is 4.19. The van der Waals surface area contributed by atoms with Crippen molar-refractivity contribution in [1.29, 1.82) is 0 Å². The van der Waals surface area contributed by atoms with E-state index in [-0.39, 0.29) is 0 Å². The highest BCUT2D eigenvalue weighted by atomic mass is 16.5. The van der Waals surface area contributed by atoms with Crippen LogP contribution in [0.5, 0.6) is 0 Å². The van der Waals surface area contributed by atoms with Crippen LogP contribution in [0.1, 0.15) is 46.5 Å². The van der Waals surface area contributed by atoms with E-state index in [0.29, 0.717) is 12.1 Å². The molecule has 1 heterocycles. The van der Waals surface area contributed by atoms with Gasteiger partial charge in [0.2, 0.25) is 0 Å². The van der Waals surface area contributed by atoms with Gasteiger partial charge in [0.15, 0.2) is 0 Å². The number of likely N-dealkylation sites (N-methyl/N-ethyl adjacent to an activating group) is 1. The molecule has 0 saturated carbocycles. The van der Waals surface area contributed by atoms with E-state index in [9.17, 15) is 4.79 Å². The van der Waals surface area contributed by atoms with Crippen molar-refractivity contribution in [2.45, 2.75) is 58.6 Å². The molecule has 106 valence electrons. The van der Waals surface area contributed by atoms with Crippen molar-refractivity contribution >= 4 is 5.97 Å². The molecule has 1 N–H and O–H groups in total. The normalized spacial score (nSPS) is 24.7. The Morgan fingerprint density at radius 2 is 2.11 bits per heavy atom. The highest BCUT2D eigenvalue weighted by Gasteiger charge is 2.28. The van der Waals surface area contributed by atoms with Crippen LogP contribution in [0.25, 0.3) is 0 Å². The number of aliphatic carboxylic acids is 1. The highest BCUT2D eigenvalue weighted by molar-refractivity contribution is 5.73. The molecule has 1 rings (SSSR count). The maximum atomic E-state index is 11.0. The molecule has 1 saturated heterocycles. The van der Waals surface area contributed by atoms with Crippen molar-refractivity contribution in [3.8, 4) is 0 Å². The summed E-state index contributed by atoms with van der Waals surface area (Å²) >= 11 is 0. The molecule has 0 radical (unpaired) electrons. The number of unbranched alkanes of at least 4 members (excludes halogenated alkanes) is 1. The Bertz CT molecular complexity index is 278. The zero-order valence-corrected chi connectivity index (χ0v) is 12.1. The minimum Gasteiger partial charge on any atom is -0.481 e.